The van der Waals surface area contributed by atoms with Gasteiger partial charge in [-0.3, -0.25) is 4.79 Å². The van der Waals surface area contributed by atoms with Crippen LogP contribution in [-0.4, -0.2) is 5.97 Å². The van der Waals surface area contributed by atoms with Crippen LogP contribution in [0.5, 0.6) is 5.75 Å². The van der Waals surface area contributed by atoms with Gasteiger partial charge in [0, 0.05) is 17.7 Å². The molecule has 0 spiro atoms. The first-order chi connectivity index (χ1) is 16.7. The SMILES string of the molecule is CC(=O)Oc1cc2ccc3ccc4ccccc4c3c2c2c1ccc1ccc3ccccc3c12. The molecule has 2 heteroatoms. The van der Waals surface area contributed by atoms with Crippen molar-refractivity contribution in [1.29, 1.82) is 0 Å². The largest absolute Gasteiger partial charge is 0.426 e. The van der Waals surface area contributed by atoms with Crippen LogP contribution in [0.25, 0.3) is 64.6 Å². The van der Waals surface area contributed by atoms with E-state index in [1.807, 2.05) is 6.07 Å². The molecule has 0 unspecified atom stereocenters. The lowest BCUT2D eigenvalue weighted by molar-refractivity contribution is -0.131. The smallest absolute Gasteiger partial charge is 0.308 e. The Morgan fingerprint density at radius 2 is 1.00 bits per heavy atom. The van der Waals surface area contributed by atoms with Crippen molar-refractivity contribution in [3.63, 3.8) is 0 Å². The van der Waals surface area contributed by atoms with Gasteiger partial charge < -0.3 is 4.74 Å². The Morgan fingerprint density at radius 1 is 0.500 bits per heavy atom. The normalized spacial score (nSPS) is 11.8. The van der Waals surface area contributed by atoms with Crippen molar-refractivity contribution in [1.82, 2.24) is 0 Å². The van der Waals surface area contributed by atoms with Gasteiger partial charge in [-0.15, -0.1) is 0 Å². The summed E-state index contributed by atoms with van der Waals surface area (Å²) in [5.74, 6) is 0.286. The Bertz CT molecular complexity index is 1960. The number of rotatable bonds is 1. The minimum atomic E-state index is -0.315. The first kappa shape index (κ1) is 19.1. The molecular formula is C32H20O2. The Hall–Kier alpha value is -4.43. The molecular weight excluding hydrogens is 416 g/mol. The summed E-state index contributed by atoms with van der Waals surface area (Å²) in [5, 5.41) is 14.0. The Morgan fingerprint density at radius 3 is 1.62 bits per heavy atom. The van der Waals surface area contributed by atoms with Crippen LogP contribution in [-0.2, 0) is 4.79 Å². The van der Waals surface area contributed by atoms with E-state index in [0.29, 0.717) is 5.75 Å². The van der Waals surface area contributed by atoms with Crippen molar-refractivity contribution in [3.8, 4) is 5.75 Å². The van der Waals surface area contributed by atoms with Gasteiger partial charge in [-0.1, -0.05) is 91.0 Å². The van der Waals surface area contributed by atoms with Gasteiger partial charge in [-0.2, -0.15) is 0 Å². The van der Waals surface area contributed by atoms with E-state index in [9.17, 15) is 4.79 Å². The van der Waals surface area contributed by atoms with Crippen LogP contribution in [0.4, 0.5) is 0 Å². The summed E-state index contributed by atoms with van der Waals surface area (Å²) in [6, 6.07) is 36.3. The summed E-state index contributed by atoms with van der Waals surface area (Å²) in [4.78, 5) is 12.0. The molecule has 0 aliphatic rings. The number of carbonyl (C=O) groups excluding carboxylic acids is 1. The van der Waals surface area contributed by atoms with Gasteiger partial charge in [0.05, 0.1) is 0 Å². The molecule has 7 rings (SSSR count). The molecule has 0 radical (unpaired) electrons. The lowest BCUT2D eigenvalue weighted by Gasteiger charge is -2.16. The minimum absolute atomic E-state index is 0.315. The number of benzene rings is 7. The number of ether oxygens (including phenoxy) is 1. The lowest BCUT2D eigenvalue weighted by Crippen LogP contribution is -2.02. The third kappa shape index (κ3) is 2.66. The molecule has 0 saturated heterocycles. The van der Waals surface area contributed by atoms with Gasteiger partial charge >= 0.3 is 5.97 Å². The van der Waals surface area contributed by atoms with Crippen LogP contribution in [0.15, 0.2) is 103 Å². The van der Waals surface area contributed by atoms with E-state index in [4.69, 9.17) is 4.74 Å². The molecule has 0 saturated carbocycles. The van der Waals surface area contributed by atoms with Crippen molar-refractivity contribution in [3.05, 3.63) is 103 Å². The standard InChI is InChI=1S/C32H20O2/c1-19(33)34-28-18-24-15-14-22-12-10-20-6-2-4-8-25(20)29(22)31(24)32-27(28)17-16-23-13-11-21-7-3-5-9-26(21)30(23)32/h2-18H,1H3. The summed E-state index contributed by atoms with van der Waals surface area (Å²) < 4.78 is 5.76. The molecule has 0 aliphatic carbocycles. The highest BCUT2D eigenvalue weighted by Gasteiger charge is 2.17. The minimum Gasteiger partial charge on any atom is -0.426 e. The van der Waals surface area contributed by atoms with Crippen molar-refractivity contribution in [2.75, 3.05) is 0 Å². The van der Waals surface area contributed by atoms with E-state index in [1.165, 1.54) is 55.4 Å². The maximum atomic E-state index is 12.0. The predicted molar refractivity (Wildman–Crippen MR) is 143 cm³/mol. The van der Waals surface area contributed by atoms with Crippen molar-refractivity contribution in [2.45, 2.75) is 6.92 Å². The summed E-state index contributed by atoms with van der Waals surface area (Å²) in [6.07, 6.45) is 0. The van der Waals surface area contributed by atoms with E-state index in [-0.39, 0.29) is 5.97 Å². The molecule has 7 aromatic rings. The second-order valence-electron chi connectivity index (χ2n) is 8.89. The van der Waals surface area contributed by atoms with Crippen LogP contribution in [0.3, 0.4) is 0 Å². The zero-order valence-corrected chi connectivity index (χ0v) is 18.6. The van der Waals surface area contributed by atoms with Crippen LogP contribution < -0.4 is 4.74 Å². The average Bonchev–Trinajstić information content (AvgIpc) is 2.87. The fourth-order valence-electron chi connectivity index (χ4n) is 5.52. The summed E-state index contributed by atoms with van der Waals surface area (Å²) in [7, 11) is 0. The topological polar surface area (TPSA) is 26.3 Å². The Kier molecular flexibility index (Phi) is 3.95. The number of fused-ring (bicyclic) bond motifs is 11. The second-order valence-corrected chi connectivity index (χ2v) is 8.89. The number of hydrogen-bond donors (Lipinski definition) is 0. The zero-order chi connectivity index (χ0) is 22.8. The van der Waals surface area contributed by atoms with Crippen molar-refractivity contribution >= 4 is 70.6 Å². The maximum absolute atomic E-state index is 12.0. The molecule has 7 aromatic carbocycles. The van der Waals surface area contributed by atoms with Gasteiger partial charge in [-0.25, -0.2) is 0 Å². The molecule has 0 heterocycles. The molecule has 0 amide bonds. The third-order valence-corrected chi connectivity index (χ3v) is 6.91. The molecule has 0 bridgehead atoms. The molecule has 160 valence electrons. The van der Waals surface area contributed by atoms with Gasteiger partial charge in [0.1, 0.15) is 5.75 Å². The number of esters is 1. The summed E-state index contributed by atoms with van der Waals surface area (Å²) in [5.41, 5.74) is 0. The van der Waals surface area contributed by atoms with E-state index in [0.717, 1.165) is 16.2 Å². The highest BCUT2D eigenvalue weighted by molar-refractivity contribution is 6.36. The monoisotopic (exact) mass is 436 g/mol. The summed E-state index contributed by atoms with van der Waals surface area (Å²) >= 11 is 0. The quantitative estimate of drug-likeness (QED) is 0.146. The predicted octanol–water partition coefficient (Wildman–Crippen LogP) is 8.53. The molecule has 34 heavy (non-hydrogen) atoms. The Balaban J connectivity index is 1.86. The third-order valence-electron chi connectivity index (χ3n) is 6.91. The van der Waals surface area contributed by atoms with E-state index >= 15 is 0 Å². The van der Waals surface area contributed by atoms with E-state index in [1.54, 1.807) is 0 Å². The van der Waals surface area contributed by atoms with Crippen molar-refractivity contribution < 1.29 is 9.53 Å². The first-order valence-electron chi connectivity index (χ1n) is 11.5. The average molecular weight is 437 g/mol. The van der Waals surface area contributed by atoms with Crippen LogP contribution in [0.2, 0.25) is 0 Å². The molecule has 0 atom stereocenters. The van der Waals surface area contributed by atoms with Gasteiger partial charge in [0.25, 0.3) is 0 Å². The van der Waals surface area contributed by atoms with Crippen molar-refractivity contribution in [2.24, 2.45) is 0 Å². The molecule has 0 N–H and O–H groups in total. The fourth-order valence-corrected chi connectivity index (χ4v) is 5.52. The zero-order valence-electron chi connectivity index (χ0n) is 18.6. The Labute approximate surface area is 196 Å². The van der Waals surface area contributed by atoms with Crippen LogP contribution >= 0.6 is 0 Å². The molecule has 0 aromatic heterocycles. The van der Waals surface area contributed by atoms with Gasteiger partial charge in [0.2, 0.25) is 0 Å². The molecule has 0 aliphatic heterocycles. The van der Waals surface area contributed by atoms with Gasteiger partial charge in [-0.05, 0) is 66.0 Å². The fraction of sp³-hybridized carbons (Fsp3) is 0.0312. The maximum Gasteiger partial charge on any atom is 0.308 e. The first-order valence-corrected chi connectivity index (χ1v) is 11.5. The number of carbonyl (C=O) groups is 1. The molecule has 2 nitrogen and oxygen atoms in total. The number of hydrogen-bond acceptors (Lipinski definition) is 2. The second kappa shape index (κ2) is 7.03. The lowest BCUT2D eigenvalue weighted by atomic mass is 9.88. The summed E-state index contributed by atoms with van der Waals surface area (Å²) in [6.45, 7) is 1.46. The highest BCUT2D eigenvalue weighted by atomic mass is 16.5. The van der Waals surface area contributed by atoms with E-state index in [2.05, 4.69) is 97.1 Å². The van der Waals surface area contributed by atoms with Gasteiger partial charge in [0.15, 0.2) is 0 Å². The van der Waals surface area contributed by atoms with E-state index < -0.39 is 0 Å². The van der Waals surface area contributed by atoms with Crippen LogP contribution in [0.1, 0.15) is 6.92 Å². The van der Waals surface area contributed by atoms with Crippen LogP contribution in [0, 0.1) is 0 Å². The highest BCUT2D eigenvalue weighted by Crippen LogP contribution is 2.44. The molecule has 0 fully saturated rings.